The molecule has 123 heavy (non-hydrogen) atoms. The Morgan fingerprint density at radius 3 is 0.927 bits per heavy atom. The van der Waals surface area contributed by atoms with Gasteiger partial charge in [0.2, 0.25) is 0 Å². The number of rotatable bonds is 14. The summed E-state index contributed by atoms with van der Waals surface area (Å²) in [6.07, 6.45) is 28.6. The highest BCUT2D eigenvalue weighted by molar-refractivity contribution is 5.93. The first-order valence-electron chi connectivity index (χ1n) is 44.1. The van der Waals surface area contributed by atoms with Gasteiger partial charge in [-0.05, 0) is 286 Å². The monoisotopic (exact) mass is 1630 g/mol. The molecule has 11 aromatic carbocycles. The van der Waals surface area contributed by atoms with E-state index in [1.807, 2.05) is 30.3 Å². The second-order valence-electron chi connectivity index (χ2n) is 34.8. The summed E-state index contributed by atoms with van der Waals surface area (Å²) in [6, 6.07) is 84.6. The smallest absolute Gasteiger partial charge is 0.107 e. The molecular formula is C111H126N12. The van der Waals surface area contributed by atoms with E-state index in [-0.39, 0.29) is 24.7 Å². The summed E-state index contributed by atoms with van der Waals surface area (Å²) in [5.41, 5.74) is 35.9. The average Bonchev–Trinajstić information content (AvgIpc) is 1.05. The molecule has 6 aliphatic rings. The Bertz CT molecular complexity index is 5680. The van der Waals surface area contributed by atoms with E-state index in [4.69, 9.17) is 10.5 Å². The van der Waals surface area contributed by atoms with Crippen molar-refractivity contribution in [3.05, 3.63) is 375 Å². The highest BCUT2D eigenvalue weighted by atomic mass is 15.4. The van der Waals surface area contributed by atoms with E-state index in [0.717, 1.165) is 22.4 Å². The first kappa shape index (κ1) is 87.9. The average molecular weight is 1630 g/mol. The Morgan fingerprint density at radius 2 is 0.577 bits per heavy atom. The number of para-hydroxylation sites is 4. The van der Waals surface area contributed by atoms with Crippen molar-refractivity contribution in [2.45, 2.75) is 220 Å². The predicted octanol–water partition coefficient (Wildman–Crippen LogP) is 27.9. The van der Waals surface area contributed by atoms with Crippen LogP contribution in [0.2, 0.25) is 0 Å². The van der Waals surface area contributed by atoms with Gasteiger partial charge in [0.25, 0.3) is 0 Å². The summed E-state index contributed by atoms with van der Waals surface area (Å²) in [6.45, 7) is 46.3. The van der Waals surface area contributed by atoms with Gasteiger partial charge in [0.05, 0.1) is 29.0 Å². The highest BCUT2D eigenvalue weighted by Gasteiger charge is 2.35. The highest BCUT2D eigenvalue weighted by Crippen LogP contribution is 2.46. The van der Waals surface area contributed by atoms with Gasteiger partial charge in [-0.1, -0.05) is 210 Å². The zero-order valence-electron chi connectivity index (χ0n) is 76.4. The van der Waals surface area contributed by atoms with Gasteiger partial charge in [-0.2, -0.15) is 10.5 Å². The van der Waals surface area contributed by atoms with Crippen LogP contribution in [0.25, 0.3) is 22.3 Å². The third-order valence-electron chi connectivity index (χ3n) is 25.3. The van der Waals surface area contributed by atoms with Gasteiger partial charge < -0.3 is 49.0 Å². The molecule has 0 saturated heterocycles. The molecule has 0 unspecified atom stereocenters. The minimum Gasteiger partial charge on any atom is -0.353 e. The molecule has 17 rings (SSSR count). The summed E-state index contributed by atoms with van der Waals surface area (Å²) in [7, 11) is 0. The first-order chi connectivity index (χ1) is 59.2. The molecule has 5 heterocycles. The molecule has 11 aromatic rings. The maximum absolute atomic E-state index is 9.04. The van der Waals surface area contributed by atoms with Crippen molar-refractivity contribution in [1.29, 1.82) is 10.5 Å². The zero-order valence-corrected chi connectivity index (χ0v) is 76.4. The van der Waals surface area contributed by atoms with Gasteiger partial charge in [0, 0.05) is 125 Å². The van der Waals surface area contributed by atoms with E-state index in [0.29, 0.717) is 29.6 Å². The Kier molecular flexibility index (Phi) is 27.8. The van der Waals surface area contributed by atoms with E-state index in [1.165, 1.54) is 160 Å². The number of benzene rings is 11. The van der Waals surface area contributed by atoms with Crippen molar-refractivity contribution in [2.75, 3.05) is 44.1 Å². The number of hydrogen-bond donors (Lipinski definition) is 0. The molecule has 1 fully saturated rings. The lowest BCUT2D eigenvalue weighted by molar-refractivity contribution is 0.237. The summed E-state index contributed by atoms with van der Waals surface area (Å²) < 4.78 is 0. The van der Waals surface area contributed by atoms with E-state index >= 15 is 0 Å². The molecule has 0 radical (unpaired) electrons. The third-order valence-corrected chi connectivity index (χ3v) is 25.3. The summed E-state index contributed by atoms with van der Waals surface area (Å²) >= 11 is 0. The van der Waals surface area contributed by atoms with E-state index < -0.39 is 0 Å². The lowest BCUT2D eigenvalue weighted by Gasteiger charge is -2.34. The Morgan fingerprint density at radius 1 is 0.268 bits per heavy atom. The van der Waals surface area contributed by atoms with Crippen molar-refractivity contribution in [3.63, 3.8) is 0 Å². The fourth-order valence-electron chi connectivity index (χ4n) is 18.5. The van der Waals surface area contributed by atoms with Crippen LogP contribution in [-0.4, -0.2) is 41.8 Å². The topological polar surface area (TPSA) is 80.0 Å². The number of hydrogen-bond acceptors (Lipinski definition) is 12. The van der Waals surface area contributed by atoms with Crippen LogP contribution in [-0.2, 0) is 0 Å². The quantitative estimate of drug-likeness (QED) is 0.104. The van der Waals surface area contributed by atoms with Crippen LogP contribution >= 0.6 is 0 Å². The molecule has 5 aliphatic heterocycles. The van der Waals surface area contributed by atoms with Crippen LogP contribution in [0.1, 0.15) is 189 Å². The van der Waals surface area contributed by atoms with E-state index in [1.54, 1.807) is 0 Å². The predicted molar refractivity (Wildman–Crippen MR) is 523 cm³/mol. The summed E-state index contributed by atoms with van der Waals surface area (Å²) in [4.78, 5) is 23.7. The molecule has 1 aliphatic carbocycles. The standard InChI is InChI=1S/C30H28N2.C24H32N2.C20H21N3.C20H24N2.C17H21N3/c1-22-17-18-23(2)29(21-22)31-19-20-32(24(31)3)30-27(25-11-6-4-7-12-25)15-10-16-28(30)26-13-8-5-9-14-26;1-16(2)21-9-8-10-22(17(3)4)24(21)26-14-13-25(20(26)7)23-15-18(5)11-12-19(23)6;1-14-6-5-7-15(2)20(14)23-11-10-22(17(23)4)19-9-8-18(13-21)12-16(19)3;1-14-9-10-15(2)19(13-14)21-11-12-22(18(21)5)20-16(3)7-6-8-17(20)4;1-13-11-15(12-18)7-8-17(13)20-10-9-19(14(20)2)16-5-3-4-6-16/h4-21,24H,1-3H3;8-17,20H,1-7H3;5-12,17H,1-4H3;6-13,18H,1-5H3;7-11,14,16H,3-6H2,1-2H3/t24-;20-;17-;18-;14-/m00001/s1. The van der Waals surface area contributed by atoms with E-state index in [9.17, 15) is 0 Å². The van der Waals surface area contributed by atoms with Crippen molar-refractivity contribution in [1.82, 2.24) is 4.90 Å². The second kappa shape index (κ2) is 38.9. The molecular weight excluding hydrogens is 1500 g/mol. The van der Waals surface area contributed by atoms with Gasteiger partial charge in [0.1, 0.15) is 30.8 Å². The molecule has 0 aromatic heterocycles. The Balaban J connectivity index is 0.000000134. The van der Waals surface area contributed by atoms with Crippen LogP contribution in [0.3, 0.4) is 0 Å². The van der Waals surface area contributed by atoms with Crippen molar-refractivity contribution in [2.24, 2.45) is 0 Å². The normalized spacial score (nSPS) is 17.5. The van der Waals surface area contributed by atoms with E-state index in [2.05, 4.69) is 463 Å². The number of nitrogens with zero attached hydrogens (tertiary/aromatic N) is 12. The van der Waals surface area contributed by atoms with Crippen LogP contribution in [0.5, 0.6) is 0 Å². The summed E-state index contributed by atoms with van der Waals surface area (Å²) in [5, 5.41) is 18.0. The number of nitriles is 2. The molecule has 630 valence electrons. The Hall–Kier alpha value is -12.9. The molecule has 0 amide bonds. The van der Waals surface area contributed by atoms with Crippen molar-refractivity contribution in [3.8, 4) is 34.4 Å². The van der Waals surface area contributed by atoms with Crippen molar-refractivity contribution >= 4 is 51.2 Å². The van der Waals surface area contributed by atoms with Crippen molar-refractivity contribution < 1.29 is 0 Å². The lowest BCUT2D eigenvalue weighted by Crippen LogP contribution is -2.41. The van der Waals surface area contributed by atoms with Crippen LogP contribution < -0.4 is 44.1 Å². The van der Waals surface area contributed by atoms with Gasteiger partial charge in [-0.3, -0.25) is 0 Å². The maximum atomic E-state index is 9.04. The minimum atomic E-state index is 0.155. The maximum Gasteiger partial charge on any atom is 0.107 e. The van der Waals surface area contributed by atoms with Gasteiger partial charge in [-0.25, -0.2) is 0 Å². The molecule has 5 atom stereocenters. The molecule has 12 nitrogen and oxygen atoms in total. The van der Waals surface area contributed by atoms with Crippen LogP contribution in [0, 0.1) is 106 Å². The number of anilines is 9. The third kappa shape index (κ3) is 19.1. The Labute approximate surface area is 735 Å². The van der Waals surface area contributed by atoms with Gasteiger partial charge >= 0.3 is 0 Å². The second-order valence-corrected chi connectivity index (χ2v) is 34.8. The molecule has 0 spiro atoms. The summed E-state index contributed by atoms with van der Waals surface area (Å²) in [5.74, 6) is 0.998. The largest absolute Gasteiger partial charge is 0.353 e. The van der Waals surface area contributed by atoms with Crippen LogP contribution in [0.15, 0.2) is 286 Å². The first-order valence-corrected chi connectivity index (χ1v) is 44.1. The molecule has 0 bridgehead atoms. The number of aryl methyl sites for hydroxylation is 12. The molecule has 12 heteroatoms. The van der Waals surface area contributed by atoms with Gasteiger partial charge in [0.15, 0.2) is 0 Å². The zero-order chi connectivity index (χ0) is 87.6. The fourth-order valence-corrected chi connectivity index (χ4v) is 18.5. The SMILES string of the molecule is Cc1cc(C#N)ccc1N1C=CN(C2CCCC2)[C@H]1C.Cc1cc(C#N)ccc1N1C=CN(c2c(C)cccc2C)[C@H]1C.Cc1ccc(C)c(N2C=CN(c3c(-c4ccccc4)cccc3-c3ccccc3)[C@H]2C)c1.Cc1ccc(C)c(N2C=CN(c3c(C(C)C)cccc3C(C)C)[C@H]2C)c1.Cc1ccc(C)c(N2C=CN(c3c(C)cccc3C)[C@H]2C)c1. The molecule has 1 saturated carbocycles. The minimum absolute atomic E-state index is 0.155. The van der Waals surface area contributed by atoms with Gasteiger partial charge in [-0.15, -0.1) is 0 Å². The molecule has 0 N–H and O–H groups in total. The van der Waals surface area contributed by atoms with Crippen LogP contribution in [0.4, 0.5) is 51.2 Å². The fraction of sp³-hybridized carbons (Fsp3) is 0.297. The lowest BCUT2D eigenvalue weighted by atomic mass is 9.92.